The van der Waals surface area contributed by atoms with Crippen LogP contribution >= 0.6 is 11.3 Å². The van der Waals surface area contributed by atoms with Crippen molar-refractivity contribution < 1.29 is 0 Å². The highest BCUT2D eigenvalue weighted by molar-refractivity contribution is 7.10. The van der Waals surface area contributed by atoms with E-state index in [0.29, 0.717) is 0 Å². The number of hydrogen-bond acceptors (Lipinski definition) is 3. The van der Waals surface area contributed by atoms with Gasteiger partial charge in [-0.25, -0.2) is 0 Å². The maximum Gasteiger partial charge on any atom is 0.0857 e. The molecule has 2 heterocycles. The Labute approximate surface area is 80.6 Å². The van der Waals surface area contributed by atoms with Crippen LogP contribution in [0.15, 0.2) is 35.8 Å². The van der Waals surface area contributed by atoms with Crippen molar-refractivity contribution in [2.24, 2.45) is 0 Å². The number of thiophene rings is 1. The van der Waals surface area contributed by atoms with E-state index in [-0.39, 0.29) is 0 Å². The van der Waals surface area contributed by atoms with E-state index in [1.807, 2.05) is 30.4 Å². The molecule has 0 aromatic carbocycles. The second kappa shape index (κ2) is 3.96. The number of aromatic nitrogens is 2. The Hall–Kier alpha value is -1.48. The normalized spacial score (nSPS) is 10.8. The van der Waals surface area contributed by atoms with Gasteiger partial charge in [-0.1, -0.05) is 6.07 Å². The Balaban J connectivity index is 2.15. The molecule has 0 spiro atoms. The Bertz CT molecular complexity index is 379. The molecule has 0 radical (unpaired) electrons. The first kappa shape index (κ1) is 8.13. The number of hydrogen-bond donors (Lipinski definition) is 0. The molecule has 2 aromatic rings. The molecule has 0 aliphatic rings. The van der Waals surface area contributed by atoms with Crippen molar-refractivity contribution in [3.05, 3.63) is 46.4 Å². The van der Waals surface area contributed by atoms with Gasteiger partial charge in [0.25, 0.3) is 0 Å². The highest BCUT2D eigenvalue weighted by Gasteiger charge is 1.87. The van der Waals surface area contributed by atoms with E-state index in [1.165, 1.54) is 4.88 Å². The Morgan fingerprint density at radius 2 is 2.15 bits per heavy atom. The van der Waals surface area contributed by atoms with Crippen molar-refractivity contribution >= 4 is 23.5 Å². The van der Waals surface area contributed by atoms with Crippen LogP contribution in [0.4, 0.5) is 0 Å². The molecule has 3 heteroatoms. The molecule has 0 aliphatic heterocycles. The molecule has 0 atom stereocenters. The molecule has 0 saturated carbocycles. The average Bonchev–Trinajstić information content (AvgIpc) is 2.69. The third-order valence-electron chi connectivity index (χ3n) is 1.55. The summed E-state index contributed by atoms with van der Waals surface area (Å²) in [6.45, 7) is 0. The van der Waals surface area contributed by atoms with Crippen molar-refractivity contribution in [2.45, 2.75) is 0 Å². The summed E-state index contributed by atoms with van der Waals surface area (Å²) < 4.78 is 0. The minimum Gasteiger partial charge on any atom is -0.159 e. The van der Waals surface area contributed by atoms with Crippen LogP contribution in [-0.4, -0.2) is 10.2 Å². The summed E-state index contributed by atoms with van der Waals surface area (Å²) in [4.78, 5) is 1.23. The van der Waals surface area contributed by atoms with Gasteiger partial charge in [0, 0.05) is 11.1 Å². The van der Waals surface area contributed by atoms with Crippen LogP contribution in [0.5, 0.6) is 0 Å². The molecule has 0 fully saturated rings. The van der Waals surface area contributed by atoms with Crippen LogP contribution in [0.3, 0.4) is 0 Å². The summed E-state index contributed by atoms with van der Waals surface area (Å²) in [5.41, 5.74) is 0.885. The van der Waals surface area contributed by atoms with Crippen molar-refractivity contribution in [2.75, 3.05) is 0 Å². The van der Waals surface area contributed by atoms with Crippen molar-refractivity contribution in [3.63, 3.8) is 0 Å². The van der Waals surface area contributed by atoms with Crippen molar-refractivity contribution in [1.29, 1.82) is 0 Å². The van der Waals surface area contributed by atoms with E-state index in [0.717, 1.165) is 5.69 Å². The van der Waals surface area contributed by atoms with Gasteiger partial charge < -0.3 is 0 Å². The molecule has 64 valence electrons. The van der Waals surface area contributed by atoms with E-state index in [4.69, 9.17) is 0 Å². The minimum atomic E-state index is 0.885. The van der Waals surface area contributed by atoms with E-state index in [1.54, 1.807) is 17.5 Å². The monoisotopic (exact) mass is 188 g/mol. The van der Waals surface area contributed by atoms with Gasteiger partial charge in [-0.05, 0) is 35.7 Å². The molecule has 2 rings (SSSR count). The summed E-state index contributed by atoms with van der Waals surface area (Å²) in [6, 6.07) is 7.90. The molecule has 0 saturated heterocycles. The average molecular weight is 188 g/mol. The Kier molecular flexibility index (Phi) is 2.48. The van der Waals surface area contributed by atoms with Crippen LogP contribution in [0, 0.1) is 0 Å². The summed E-state index contributed by atoms with van der Waals surface area (Å²) in [5.74, 6) is 0. The summed E-state index contributed by atoms with van der Waals surface area (Å²) in [5, 5.41) is 9.78. The lowest BCUT2D eigenvalue weighted by atomic mass is 10.3. The lowest BCUT2D eigenvalue weighted by Crippen LogP contribution is -1.81. The second-order valence-electron chi connectivity index (χ2n) is 2.50. The molecule has 0 unspecified atom stereocenters. The summed E-state index contributed by atoms with van der Waals surface area (Å²) in [6.07, 6.45) is 5.66. The SMILES string of the molecule is C(=Cc1cccs1)c1cccnn1. The minimum absolute atomic E-state index is 0.885. The predicted octanol–water partition coefficient (Wildman–Crippen LogP) is 2.71. The summed E-state index contributed by atoms with van der Waals surface area (Å²) in [7, 11) is 0. The maximum absolute atomic E-state index is 3.95. The highest BCUT2D eigenvalue weighted by Crippen LogP contribution is 2.11. The third kappa shape index (κ3) is 2.23. The Morgan fingerprint density at radius 3 is 2.85 bits per heavy atom. The lowest BCUT2D eigenvalue weighted by Gasteiger charge is -1.87. The molecule has 0 N–H and O–H groups in total. The van der Waals surface area contributed by atoms with E-state index in [9.17, 15) is 0 Å². The lowest BCUT2D eigenvalue weighted by molar-refractivity contribution is 1.02. The molecule has 2 nitrogen and oxygen atoms in total. The standard InChI is InChI=1S/C10H8N2S/c1-3-9(12-11-7-1)5-6-10-4-2-8-13-10/h1-8H. The number of nitrogens with zero attached hydrogens (tertiary/aromatic N) is 2. The van der Waals surface area contributed by atoms with E-state index < -0.39 is 0 Å². The van der Waals surface area contributed by atoms with Gasteiger partial charge in [-0.3, -0.25) is 0 Å². The van der Waals surface area contributed by atoms with Gasteiger partial charge in [-0.15, -0.1) is 11.3 Å². The smallest absolute Gasteiger partial charge is 0.0857 e. The highest BCUT2D eigenvalue weighted by atomic mass is 32.1. The fourth-order valence-electron chi connectivity index (χ4n) is 0.956. The zero-order chi connectivity index (χ0) is 8.93. The van der Waals surface area contributed by atoms with Gasteiger partial charge in [0.05, 0.1) is 5.69 Å². The van der Waals surface area contributed by atoms with Crippen LogP contribution in [0.25, 0.3) is 12.2 Å². The number of rotatable bonds is 2. The first-order valence-electron chi connectivity index (χ1n) is 3.94. The first-order chi connectivity index (χ1) is 6.45. The zero-order valence-electron chi connectivity index (χ0n) is 6.92. The van der Waals surface area contributed by atoms with Gasteiger partial charge >= 0.3 is 0 Å². The topological polar surface area (TPSA) is 25.8 Å². The second-order valence-corrected chi connectivity index (χ2v) is 3.48. The van der Waals surface area contributed by atoms with Crippen LogP contribution < -0.4 is 0 Å². The maximum atomic E-state index is 3.95. The third-order valence-corrected chi connectivity index (χ3v) is 2.39. The van der Waals surface area contributed by atoms with Gasteiger partial charge in [-0.2, -0.15) is 10.2 Å². The largest absolute Gasteiger partial charge is 0.159 e. The molecule has 13 heavy (non-hydrogen) atoms. The zero-order valence-corrected chi connectivity index (χ0v) is 7.74. The molecule has 2 aromatic heterocycles. The first-order valence-corrected chi connectivity index (χ1v) is 4.82. The molecular formula is C10H8N2S. The quantitative estimate of drug-likeness (QED) is 0.724. The van der Waals surface area contributed by atoms with Crippen LogP contribution in [-0.2, 0) is 0 Å². The molecular weight excluding hydrogens is 180 g/mol. The fraction of sp³-hybridized carbons (Fsp3) is 0. The van der Waals surface area contributed by atoms with Crippen LogP contribution in [0.1, 0.15) is 10.6 Å². The molecule has 0 bridgehead atoms. The predicted molar refractivity (Wildman–Crippen MR) is 55.3 cm³/mol. The van der Waals surface area contributed by atoms with Gasteiger partial charge in [0.15, 0.2) is 0 Å². The molecule has 0 amide bonds. The van der Waals surface area contributed by atoms with Crippen LogP contribution in [0.2, 0.25) is 0 Å². The van der Waals surface area contributed by atoms with Gasteiger partial charge in [0.1, 0.15) is 0 Å². The van der Waals surface area contributed by atoms with E-state index >= 15 is 0 Å². The van der Waals surface area contributed by atoms with Gasteiger partial charge in [0.2, 0.25) is 0 Å². The Morgan fingerprint density at radius 1 is 1.15 bits per heavy atom. The molecule has 0 aliphatic carbocycles. The summed E-state index contributed by atoms with van der Waals surface area (Å²) >= 11 is 1.71. The van der Waals surface area contributed by atoms with E-state index in [2.05, 4.69) is 21.6 Å². The van der Waals surface area contributed by atoms with Crippen molar-refractivity contribution in [1.82, 2.24) is 10.2 Å². The fourth-order valence-corrected chi connectivity index (χ4v) is 1.57. The van der Waals surface area contributed by atoms with Crippen molar-refractivity contribution in [3.8, 4) is 0 Å².